The minimum Gasteiger partial charge on any atom is -0.396 e. The van der Waals surface area contributed by atoms with Crippen molar-refractivity contribution in [2.45, 2.75) is 23.9 Å². The lowest BCUT2D eigenvalue weighted by molar-refractivity contribution is 0.0417. The monoisotopic (exact) mass is 296 g/mol. The number of aliphatic hydroxyl groups excluding tert-OH is 6. The molecule has 0 bridgehead atoms. The molecule has 0 unspecified atom stereocenters. The molecular weight excluding hydrogens is 268 g/mol. The van der Waals surface area contributed by atoms with Gasteiger partial charge in [-0.15, -0.1) is 0 Å². The molecule has 0 fully saturated rings. The Labute approximate surface area is 119 Å². The Morgan fingerprint density at radius 1 is 0.600 bits per heavy atom. The third-order valence-electron chi connectivity index (χ3n) is 3.46. The van der Waals surface area contributed by atoms with Gasteiger partial charge in [0.2, 0.25) is 0 Å². The van der Waals surface area contributed by atoms with E-state index in [1.807, 2.05) is 0 Å². The first-order valence-electron chi connectivity index (χ1n) is 6.73. The van der Waals surface area contributed by atoms with Crippen LogP contribution in [0, 0.1) is 0 Å². The van der Waals surface area contributed by atoms with Crippen molar-refractivity contribution in [2.75, 3.05) is 52.7 Å². The Morgan fingerprint density at radius 2 is 1.00 bits per heavy atom. The summed E-state index contributed by atoms with van der Waals surface area (Å²) in [6.45, 7) is -0.960. The van der Waals surface area contributed by atoms with Crippen molar-refractivity contribution in [3.05, 3.63) is 0 Å². The van der Waals surface area contributed by atoms with Crippen LogP contribution in [0.1, 0.15) is 12.8 Å². The van der Waals surface area contributed by atoms with Gasteiger partial charge in [-0.25, -0.2) is 0 Å². The van der Waals surface area contributed by atoms with E-state index in [-0.39, 0.29) is 46.1 Å². The van der Waals surface area contributed by atoms with Gasteiger partial charge in [-0.1, -0.05) is 0 Å². The summed E-state index contributed by atoms with van der Waals surface area (Å²) in [6, 6.07) is 0. The fourth-order valence-electron chi connectivity index (χ4n) is 1.74. The molecule has 0 rings (SSSR count). The maximum atomic E-state index is 9.26. The van der Waals surface area contributed by atoms with Gasteiger partial charge in [0.1, 0.15) is 0 Å². The molecule has 0 radical (unpaired) electrons. The van der Waals surface area contributed by atoms with Crippen LogP contribution in [0.25, 0.3) is 0 Å². The van der Waals surface area contributed by atoms with E-state index in [2.05, 4.69) is 10.6 Å². The number of hydrogen-bond donors (Lipinski definition) is 8. The largest absolute Gasteiger partial charge is 0.396 e. The number of rotatable bonds is 13. The summed E-state index contributed by atoms with van der Waals surface area (Å²) in [5, 5.41) is 60.6. The summed E-state index contributed by atoms with van der Waals surface area (Å²) in [5.74, 6) is 0. The Morgan fingerprint density at radius 3 is 1.35 bits per heavy atom. The van der Waals surface area contributed by atoms with Crippen molar-refractivity contribution in [3.63, 3.8) is 0 Å². The maximum Gasteiger partial charge on any atom is 0.0881 e. The zero-order valence-electron chi connectivity index (χ0n) is 11.8. The summed E-state index contributed by atoms with van der Waals surface area (Å²) in [5.41, 5.74) is -2.01. The van der Waals surface area contributed by atoms with Crippen LogP contribution in [0.15, 0.2) is 0 Å². The third kappa shape index (κ3) is 5.98. The Bertz CT molecular complexity index is 226. The molecular formula is C12H28N2O6. The molecule has 0 aromatic rings. The van der Waals surface area contributed by atoms with Crippen LogP contribution in [-0.2, 0) is 0 Å². The molecule has 0 atom stereocenters. The first-order valence-corrected chi connectivity index (χ1v) is 6.73. The van der Waals surface area contributed by atoms with Gasteiger partial charge in [-0.05, 0) is 25.9 Å². The van der Waals surface area contributed by atoms with Crippen LogP contribution in [0.2, 0.25) is 0 Å². The molecule has 0 aliphatic rings. The van der Waals surface area contributed by atoms with E-state index in [1.165, 1.54) is 0 Å². The zero-order valence-corrected chi connectivity index (χ0v) is 11.8. The first kappa shape index (κ1) is 19.7. The molecule has 122 valence electrons. The average molecular weight is 296 g/mol. The average Bonchev–Trinajstić information content (AvgIpc) is 2.50. The quantitative estimate of drug-likeness (QED) is 0.163. The Kier molecular flexibility index (Phi) is 10.2. The summed E-state index contributed by atoms with van der Waals surface area (Å²) < 4.78 is 0. The highest BCUT2D eigenvalue weighted by Gasteiger charge is 2.28. The Hall–Kier alpha value is -0.320. The predicted octanol–water partition coefficient (Wildman–Crippen LogP) is -3.62. The smallest absolute Gasteiger partial charge is 0.0881 e. The molecule has 8 nitrogen and oxygen atoms in total. The highest BCUT2D eigenvalue weighted by atomic mass is 16.3. The molecule has 0 aliphatic heterocycles. The van der Waals surface area contributed by atoms with Crippen LogP contribution < -0.4 is 10.6 Å². The van der Waals surface area contributed by atoms with Crippen molar-refractivity contribution in [1.82, 2.24) is 10.6 Å². The molecule has 8 heteroatoms. The second-order valence-electron chi connectivity index (χ2n) is 5.03. The number of hydrogen-bond acceptors (Lipinski definition) is 8. The van der Waals surface area contributed by atoms with E-state index in [0.29, 0.717) is 19.5 Å². The van der Waals surface area contributed by atoms with E-state index in [4.69, 9.17) is 20.4 Å². The lowest BCUT2D eigenvalue weighted by Crippen LogP contribution is -2.56. The lowest BCUT2D eigenvalue weighted by atomic mass is 9.97. The highest BCUT2D eigenvalue weighted by Crippen LogP contribution is 2.08. The van der Waals surface area contributed by atoms with Crippen molar-refractivity contribution in [3.8, 4) is 0 Å². The van der Waals surface area contributed by atoms with Crippen molar-refractivity contribution in [2.24, 2.45) is 0 Å². The van der Waals surface area contributed by atoms with Gasteiger partial charge in [0.25, 0.3) is 0 Å². The second-order valence-corrected chi connectivity index (χ2v) is 5.03. The van der Waals surface area contributed by atoms with Crippen molar-refractivity contribution < 1.29 is 30.6 Å². The van der Waals surface area contributed by atoms with Crippen LogP contribution in [0.5, 0.6) is 0 Å². The van der Waals surface area contributed by atoms with E-state index in [1.54, 1.807) is 0 Å². The fourth-order valence-corrected chi connectivity index (χ4v) is 1.74. The minimum atomic E-state index is -1.10. The first-order chi connectivity index (χ1) is 9.57. The molecule has 0 saturated carbocycles. The van der Waals surface area contributed by atoms with Gasteiger partial charge < -0.3 is 41.3 Å². The van der Waals surface area contributed by atoms with Gasteiger partial charge >= 0.3 is 0 Å². The molecule has 0 aromatic carbocycles. The minimum absolute atomic E-state index is 0.144. The molecule has 0 amide bonds. The standard InChI is InChI=1S/C12H28N2O6/c15-5-2-11(6-16,7-17)13-3-1-4-14-12(8-18,9-19)10-20/h13-20H,1-10H2. The molecule has 0 heterocycles. The van der Waals surface area contributed by atoms with Gasteiger partial charge in [-0.3, -0.25) is 0 Å². The number of nitrogens with one attached hydrogen (secondary N) is 2. The molecule has 0 aromatic heterocycles. The molecule has 0 saturated heterocycles. The number of aliphatic hydroxyl groups is 6. The maximum absolute atomic E-state index is 9.26. The topological polar surface area (TPSA) is 145 Å². The van der Waals surface area contributed by atoms with Crippen LogP contribution in [-0.4, -0.2) is 94.4 Å². The fraction of sp³-hybridized carbons (Fsp3) is 1.00. The molecule has 20 heavy (non-hydrogen) atoms. The van der Waals surface area contributed by atoms with Crippen LogP contribution in [0.3, 0.4) is 0 Å². The second kappa shape index (κ2) is 10.4. The van der Waals surface area contributed by atoms with Crippen LogP contribution in [0.4, 0.5) is 0 Å². The van der Waals surface area contributed by atoms with E-state index in [9.17, 15) is 10.2 Å². The summed E-state index contributed by atoms with van der Waals surface area (Å²) >= 11 is 0. The molecule has 0 aliphatic carbocycles. The molecule has 8 N–H and O–H groups in total. The van der Waals surface area contributed by atoms with Crippen LogP contribution >= 0.6 is 0 Å². The predicted molar refractivity (Wildman–Crippen MR) is 73.2 cm³/mol. The van der Waals surface area contributed by atoms with Gasteiger partial charge in [0.05, 0.1) is 44.1 Å². The highest BCUT2D eigenvalue weighted by molar-refractivity contribution is 4.88. The summed E-state index contributed by atoms with van der Waals surface area (Å²) in [4.78, 5) is 0. The van der Waals surface area contributed by atoms with Gasteiger partial charge in [0.15, 0.2) is 0 Å². The van der Waals surface area contributed by atoms with E-state index < -0.39 is 11.1 Å². The van der Waals surface area contributed by atoms with Crippen molar-refractivity contribution in [1.29, 1.82) is 0 Å². The SMILES string of the molecule is OCCC(CO)(CO)NCCCNC(CO)(CO)CO. The van der Waals surface area contributed by atoms with Gasteiger partial charge in [0, 0.05) is 6.61 Å². The van der Waals surface area contributed by atoms with Gasteiger partial charge in [-0.2, -0.15) is 0 Å². The lowest BCUT2D eigenvalue weighted by Gasteiger charge is -2.31. The normalized spacial score (nSPS) is 12.9. The third-order valence-corrected chi connectivity index (χ3v) is 3.46. The summed E-state index contributed by atoms with van der Waals surface area (Å²) in [6.07, 6.45) is 0.830. The zero-order chi connectivity index (χ0) is 15.5. The molecule has 0 spiro atoms. The Balaban J connectivity index is 4.06. The van der Waals surface area contributed by atoms with Crippen molar-refractivity contribution >= 4 is 0 Å². The summed E-state index contributed by atoms with van der Waals surface area (Å²) in [7, 11) is 0. The van der Waals surface area contributed by atoms with E-state index >= 15 is 0 Å². The van der Waals surface area contributed by atoms with E-state index in [0.717, 1.165) is 0 Å².